The zero-order chi connectivity index (χ0) is 98.7. The number of pyridine rings is 4. The van der Waals surface area contributed by atoms with Gasteiger partial charge in [-0.3, -0.25) is 47.6 Å². The summed E-state index contributed by atoms with van der Waals surface area (Å²) in [5, 5.41) is 30.9. The van der Waals surface area contributed by atoms with Crippen molar-refractivity contribution in [1.82, 2.24) is 117 Å². The average molecular weight is 1890 g/mol. The van der Waals surface area contributed by atoms with Gasteiger partial charge in [0.05, 0.1) is 103 Å². The number of aryl methyl sites for hydroxylation is 5. The molecule has 24 rings (SSSR count). The first-order valence-electron chi connectivity index (χ1n) is 45.8. The average Bonchev–Trinajstić information content (AvgIpc) is 1.76. The van der Waals surface area contributed by atoms with Gasteiger partial charge < -0.3 is 38.6 Å². The number of aromatic nitrogens is 24. The lowest BCUT2D eigenvalue weighted by atomic mass is 10.1. The number of nitrogens with zero attached hydrogens (tertiary/aromatic N) is 22. The third-order valence-corrected chi connectivity index (χ3v) is 25.3. The highest BCUT2D eigenvalue weighted by Gasteiger charge is 2.27. The van der Waals surface area contributed by atoms with Crippen molar-refractivity contribution in [3.63, 3.8) is 0 Å². The van der Waals surface area contributed by atoms with Crippen molar-refractivity contribution >= 4 is 156 Å². The van der Waals surface area contributed by atoms with Crippen LogP contribution in [0.1, 0.15) is 70.3 Å². The molecule has 0 atom stereocenters. The Balaban J connectivity index is 0.000000114. The number of carbonyl (C=O) groups is 1. The van der Waals surface area contributed by atoms with E-state index in [1.807, 2.05) is 288 Å². The lowest BCUT2D eigenvalue weighted by Crippen LogP contribution is -2.24. The van der Waals surface area contributed by atoms with Crippen molar-refractivity contribution < 1.29 is 4.79 Å². The van der Waals surface area contributed by atoms with Gasteiger partial charge in [0.15, 0.2) is 28.5 Å². The molecule has 0 saturated heterocycles. The predicted molar refractivity (Wildman–Crippen MR) is 561 cm³/mol. The number of nitrogens with one attached hydrogen (secondary N) is 3. The molecule has 0 saturated carbocycles. The first-order valence-corrected chi connectivity index (χ1v) is 45.8. The molecule has 0 bridgehead atoms. The number of hydrogen-bond acceptors (Lipinski definition) is 24. The van der Waals surface area contributed by atoms with Crippen molar-refractivity contribution in [1.29, 1.82) is 0 Å². The predicted octanol–water partition coefficient (Wildman–Crippen LogP) is 16.1. The van der Waals surface area contributed by atoms with E-state index in [1.54, 1.807) is 38.4 Å². The van der Waals surface area contributed by atoms with Gasteiger partial charge in [0.1, 0.15) is 60.0 Å². The van der Waals surface area contributed by atoms with Crippen molar-refractivity contribution in [2.75, 3.05) is 34.0 Å². The van der Waals surface area contributed by atoms with Crippen molar-refractivity contribution in [2.45, 2.75) is 74.1 Å². The lowest BCUT2D eigenvalue weighted by molar-refractivity contribution is -0.114. The molecule has 35 heteroatoms. The molecule has 0 aliphatic carbocycles. The molecule has 35 nitrogen and oxygen atoms in total. The largest absolute Gasteiger partial charge is 0.383 e. The Morgan fingerprint density at radius 2 is 0.678 bits per heavy atom. The van der Waals surface area contributed by atoms with Crippen LogP contribution < -0.4 is 56.2 Å². The number of hydrogen-bond donors (Lipinski definition) is 8. The lowest BCUT2D eigenvalue weighted by Gasteiger charge is -2.16. The van der Waals surface area contributed by atoms with E-state index >= 15 is 0 Å². The Morgan fingerprint density at radius 1 is 0.357 bits per heavy atom. The van der Waals surface area contributed by atoms with E-state index in [-0.39, 0.29) is 41.2 Å². The second-order valence-electron chi connectivity index (χ2n) is 34.5. The van der Waals surface area contributed by atoms with Crippen LogP contribution in [-0.4, -0.2) is 123 Å². The molecule has 0 aliphatic heterocycles. The minimum absolute atomic E-state index is 0.0434. The van der Waals surface area contributed by atoms with Gasteiger partial charge in [-0.15, -0.1) is 0 Å². The SMILES string of the molecule is C=Cc1nn(Cc2cc3cccc(C)c3c(=O)n2-c2ccccc2)c2ncnc(N)c12.CC(=O)Nc1nc2ccc(-c3nn(Cc4cc5cccc(C)c5c(=O)n4-c4ccccc4)c4ncnc(N)c34)cc2[nH]1.CCc1nn(Cc2cc3cccc(C)c3c(=O)n2-c2ccccc2)c2ncnc(N)c12.Cc1cccc2cc(Cn3nc(-c4ccc5nc(N)[nH]c5c4)c4c(N)ncnc43)n(-c3ccccc3)c(=O)c12. The number of anilines is 6. The van der Waals surface area contributed by atoms with Gasteiger partial charge in [-0.1, -0.05) is 171 Å². The van der Waals surface area contributed by atoms with Crippen LogP contribution in [0.5, 0.6) is 0 Å². The normalized spacial score (nSPS) is 11.5. The van der Waals surface area contributed by atoms with Gasteiger partial charge in [-0.25, -0.2) is 68.6 Å². The number of benzene rings is 10. The maximum Gasteiger partial charge on any atom is 0.263 e. The number of aromatic amines is 2. The number of nitrogens with two attached hydrogens (primary N) is 5. The van der Waals surface area contributed by atoms with Gasteiger partial charge in [0.2, 0.25) is 11.9 Å². The monoisotopic (exact) mass is 1890 g/mol. The Morgan fingerprint density at radius 3 is 1.03 bits per heavy atom. The fraction of sp³-hybridized carbons (Fsp3) is 0.102. The van der Waals surface area contributed by atoms with Gasteiger partial charge in [0, 0.05) is 63.6 Å². The summed E-state index contributed by atoms with van der Waals surface area (Å²) in [5.41, 5.74) is 50.0. The van der Waals surface area contributed by atoms with E-state index in [4.69, 9.17) is 44.0 Å². The maximum absolute atomic E-state index is 14.0. The molecular formula is C108H90N30O5. The van der Waals surface area contributed by atoms with E-state index < -0.39 is 0 Å². The third-order valence-electron chi connectivity index (χ3n) is 25.3. The zero-order valence-corrected chi connectivity index (χ0v) is 78.1. The van der Waals surface area contributed by atoms with Gasteiger partial charge in [0.25, 0.3) is 22.2 Å². The molecule has 0 radical (unpaired) electrons. The van der Waals surface area contributed by atoms with E-state index in [1.165, 1.54) is 32.2 Å². The molecule has 143 heavy (non-hydrogen) atoms. The fourth-order valence-electron chi connectivity index (χ4n) is 18.9. The highest BCUT2D eigenvalue weighted by molar-refractivity contribution is 6.02. The number of carbonyl (C=O) groups excluding carboxylic acids is 1. The summed E-state index contributed by atoms with van der Waals surface area (Å²) in [6, 6.07) is 81.4. The van der Waals surface area contributed by atoms with Crippen molar-refractivity contribution in [3.05, 3.63) is 385 Å². The summed E-state index contributed by atoms with van der Waals surface area (Å²) < 4.78 is 14.0. The summed E-state index contributed by atoms with van der Waals surface area (Å²) in [5.74, 6) is 1.86. The maximum atomic E-state index is 14.0. The number of amides is 1. The summed E-state index contributed by atoms with van der Waals surface area (Å²) in [4.78, 5) is 116. The van der Waals surface area contributed by atoms with Gasteiger partial charge in [-0.05, 0) is 181 Å². The second-order valence-corrected chi connectivity index (χ2v) is 34.5. The van der Waals surface area contributed by atoms with Crippen LogP contribution in [0.2, 0.25) is 0 Å². The summed E-state index contributed by atoms with van der Waals surface area (Å²) in [7, 11) is 0. The van der Waals surface area contributed by atoms with Crippen LogP contribution in [0.25, 0.3) is 161 Å². The van der Waals surface area contributed by atoms with E-state index in [9.17, 15) is 24.0 Å². The fourth-order valence-corrected chi connectivity index (χ4v) is 18.9. The summed E-state index contributed by atoms with van der Waals surface area (Å²) in [6.45, 7) is 16.3. The highest BCUT2D eigenvalue weighted by atomic mass is 16.2. The van der Waals surface area contributed by atoms with Gasteiger partial charge >= 0.3 is 0 Å². The Hall–Kier alpha value is -19.6. The van der Waals surface area contributed by atoms with Crippen LogP contribution in [-0.2, 0) is 37.4 Å². The molecule has 0 aliphatic rings. The van der Waals surface area contributed by atoms with Gasteiger partial charge in [-0.2, -0.15) is 20.4 Å². The molecule has 702 valence electrons. The minimum atomic E-state index is -0.221. The van der Waals surface area contributed by atoms with E-state index in [0.717, 1.165) is 133 Å². The molecule has 24 aromatic rings. The van der Waals surface area contributed by atoms with Crippen LogP contribution >= 0.6 is 0 Å². The summed E-state index contributed by atoms with van der Waals surface area (Å²) in [6.07, 6.45) is 8.04. The Bertz CT molecular complexity index is 9490. The number of nitrogen functional groups attached to an aromatic ring is 5. The van der Waals surface area contributed by atoms with Crippen LogP contribution in [0.4, 0.5) is 35.2 Å². The molecule has 1 amide bonds. The minimum Gasteiger partial charge on any atom is -0.383 e. The molecular weight excluding hydrogens is 1800 g/mol. The molecule has 10 aromatic carbocycles. The van der Waals surface area contributed by atoms with E-state index in [2.05, 4.69) is 82.9 Å². The van der Waals surface area contributed by atoms with Crippen molar-refractivity contribution in [3.8, 4) is 45.3 Å². The topological polar surface area (TPSA) is 479 Å². The quantitative estimate of drug-likeness (QED) is 0.0420. The molecule has 14 aromatic heterocycles. The molecule has 0 unspecified atom stereocenters. The highest BCUT2D eigenvalue weighted by Crippen LogP contribution is 2.37. The number of rotatable bonds is 17. The first-order chi connectivity index (χ1) is 69.5. The number of H-pyrrole nitrogens is 2. The molecule has 0 fully saturated rings. The second kappa shape index (κ2) is 37.1. The Labute approximate surface area is 811 Å². The summed E-state index contributed by atoms with van der Waals surface area (Å²) >= 11 is 0. The Kier molecular flexibility index (Phi) is 23.3. The number of imidazole rings is 2. The van der Waals surface area contributed by atoms with E-state index in [0.29, 0.717) is 132 Å². The zero-order valence-electron chi connectivity index (χ0n) is 78.1. The first kappa shape index (κ1) is 89.9. The number of para-hydroxylation sites is 4. The van der Waals surface area contributed by atoms with Crippen molar-refractivity contribution in [2.24, 2.45) is 0 Å². The molecule has 14 heterocycles. The third kappa shape index (κ3) is 16.7. The number of fused-ring (bicyclic) bond motifs is 10. The standard InChI is InChI=1S/C31H25N9O2.C29H23N9O.C24H22N6O.C24H20N6O/c1-17-7-6-8-19-13-22(40(30(42)25(17)19)21-9-4-3-5-10-21)15-39-29-26(28(32)33-16-34-29)27(38-39)20-11-12-23-24(14-20)37-31(36-23)35-18(2)41;1-16-6-5-7-17-12-20(38(28(39)23(16)17)19-8-3-2-4-9-19)14-37-27-24(26(30)32-15-33-27)25(36-37)18-10-11-21-22(13-18)35-29(31)34-21;2*1-3-19-21-22(25)26-14-27-23(21)29(28-19)13-18-12-16-9-7-8-15(2)20(16)24(31)30(18)17-10-5-4-6-11-17/h3-14,16H,15H2,1-2H3,(H2,32,33,34)(H2,35,36,37,41);2-13,15H,14H2,1H3,(H2,30,32,33)(H3,31,34,35);4-12,14H,3,13H2,1-2H3,(H2,25,26,27);3-12,14H,1,13H2,2H3,(H2,25,26,27). The smallest absolute Gasteiger partial charge is 0.263 e. The van der Waals surface area contributed by atoms with Crippen LogP contribution in [0.3, 0.4) is 0 Å². The molecule has 0 spiro atoms. The van der Waals surface area contributed by atoms with Crippen LogP contribution in [0.15, 0.2) is 306 Å². The molecule has 13 N–H and O–H groups in total. The van der Waals surface area contributed by atoms with Crippen LogP contribution in [0, 0.1) is 27.7 Å².